The second kappa shape index (κ2) is 7.64. The zero-order valence-corrected chi connectivity index (χ0v) is 13.0. The second-order valence-electron chi connectivity index (χ2n) is 5.01. The summed E-state index contributed by atoms with van der Waals surface area (Å²) in [5, 5.41) is 3.33. The van der Waals surface area contributed by atoms with E-state index in [0.29, 0.717) is 0 Å². The van der Waals surface area contributed by atoms with Crippen molar-refractivity contribution in [2.45, 2.75) is 20.0 Å². The fraction of sp³-hybridized carbons (Fsp3) is 0.353. The van der Waals surface area contributed by atoms with Gasteiger partial charge in [-0.3, -0.25) is 0 Å². The van der Waals surface area contributed by atoms with Crippen LogP contribution in [0.25, 0.3) is 0 Å². The van der Waals surface area contributed by atoms with Gasteiger partial charge < -0.3 is 15.0 Å². The number of aromatic nitrogens is 1. The predicted molar refractivity (Wildman–Crippen MR) is 86.7 cm³/mol. The second-order valence-corrected chi connectivity index (χ2v) is 5.01. The van der Waals surface area contributed by atoms with E-state index in [4.69, 9.17) is 4.74 Å². The SMILES string of the molecule is CCNCc1ccnc(N(C)Cc2cccc(OC)c2)c1. The molecule has 2 aromatic rings. The van der Waals surface area contributed by atoms with E-state index in [1.54, 1.807) is 7.11 Å². The van der Waals surface area contributed by atoms with E-state index in [9.17, 15) is 0 Å². The van der Waals surface area contributed by atoms with Gasteiger partial charge in [0, 0.05) is 26.3 Å². The quantitative estimate of drug-likeness (QED) is 0.849. The number of methoxy groups -OCH3 is 1. The van der Waals surface area contributed by atoms with Gasteiger partial charge in [-0.15, -0.1) is 0 Å². The molecule has 0 saturated heterocycles. The fourth-order valence-electron chi connectivity index (χ4n) is 2.17. The van der Waals surface area contributed by atoms with E-state index in [0.717, 1.165) is 31.2 Å². The molecule has 2 rings (SSSR count). The number of hydrogen-bond donors (Lipinski definition) is 1. The first kappa shape index (κ1) is 15.3. The molecule has 4 heteroatoms. The highest BCUT2D eigenvalue weighted by Crippen LogP contribution is 2.17. The van der Waals surface area contributed by atoms with Crippen molar-refractivity contribution in [3.8, 4) is 5.75 Å². The van der Waals surface area contributed by atoms with Crippen LogP contribution < -0.4 is 15.0 Å². The summed E-state index contributed by atoms with van der Waals surface area (Å²) in [5.41, 5.74) is 2.45. The van der Waals surface area contributed by atoms with Gasteiger partial charge >= 0.3 is 0 Å². The Bertz CT molecular complexity index is 571. The molecule has 0 aliphatic carbocycles. The number of nitrogens with zero attached hydrogens (tertiary/aromatic N) is 2. The summed E-state index contributed by atoms with van der Waals surface area (Å²) in [6.07, 6.45) is 1.87. The number of hydrogen-bond acceptors (Lipinski definition) is 4. The van der Waals surface area contributed by atoms with Crippen LogP contribution in [-0.4, -0.2) is 25.7 Å². The van der Waals surface area contributed by atoms with Crippen molar-refractivity contribution in [2.75, 3.05) is 25.6 Å². The van der Waals surface area contributed by atoms with Gasteiger partial charge in [0.1, 0.15) is 11.6 Å². The zero-order chi connectivity index (χ0) is 15.1. The molecule has 0 fully saturated rings. The maximum Gasteiger partial charge on any atom is 0.128 e. The Hall–Kier alpha value is -2.07. The number of anilines is 1. The Balaban J connectivity index is 2.06. The standard InChI is InChI=1S/C17H23N3O/c1-4-18-12-14-8-9-19-17(11-14)20(2)13-15-6-5-7-16(10-15)21-3/h5-11,18H,4,12-13H2,1-3H3. The Labute approximate surface area is 126 Å². The first-order valence-corrected chi connectivity index (χ1v) is 7.22. The molecule has 0 radical (unpaired) electrons. The van der Waals surface area contributed by atoms with Gasteiger partial charge in [-0.1, -0.05) is 19.1 Å². The van der Waals surface area contributed by atoms with E-state index in [1.807, 2.05) is 24.4 Å². The molecular weight excluding hydrogens is 262 g/mol. The predicted octanol–water partition coefficient (Wildman–Crippen LogP) is 2.84. The van der Waals surface area contributed by atoms with E-state index < -0.39 is 0 Å². The van der Waals surface area contributed by atoms with Crippen LogP contribution in [0.15, 0.2) is 42.6 Å². The van der Waals surface area contributed by atoms with Crippen molar-refractivity contribution >= 4 is 5.82 Å². The maximum absolute atomic E-state index is 5.26. The lowest BCUT2D eigenvalue weighted by Gasteiger charge is -2.19. The van der Waals surface area contributed by atoms with Crippen molar-refractivity contribution in [3.05, 3.63) is 53.7 Å². The Morgan fingerprint density at radius 1 is 1.19 bits per heavy atom. The minimum atomic E-state index is 0.800. The first-order valence-electron chi connectivity index (χ1n) is 7.22. The van der Waals surface area contributed by atoms with Crippen LogP contribution in [0.4, 0.5) is 5.82 Å². The van der Waals surface area contributed by atoms with Crippen LogP contribution in [0.2, 0.25) is 0 Å². The molecule has 112 valence electrons. The topological polar surface area (TPSA) is 37.4 Å². The van der Waals surface area contributed by atoms with Gasteiger partial charge in [0.25, 0.3) is 0 Å². The first-order chi connectivity index (χ1) is 10.2. The summed E-state index contributed by atoms with van der Waals surface area (Å²) in [5.74, 6) is 1.86. The van der Waals surface area contributed by atoms with E-state index in [1.165, 1.54) is 11.1 Å². The zero-order valence-electron chi connectivity index (χ0n) is 13.0. The van der Waals surface area contributed by atoms with Gasteiger partial charge in [-0.25, -0.2) is 4.98 Å². The molecule has 1 N–H and O–H groups in total. The minimum absolute atomic E-state index is 0.800. The average molecular weight is 285 g/mol. The molecule has 0 bridgehead atoms. The average Bonchev–Trinajstić information content (AvgIpc) is 2.53. The summed E-state index contributed by atoms with van der Waals surface area (Å²) in [6.45, 7) is 4.75. The van der Waals surface area contributed by atoms with Gasteiger partial charge in [0.15, 0.2) is 0 Å². The van der Waals surface area contributed by atoms with Gasteiger partial charge in [0.2, 0.25) is 0 Å². The highest BCUT2D eigenvalue weighted by atomic mass is 16.5. The van der Waals surface area contributed by atoms with E-state index in [2.05, 4.69) is 47.4 Å². The van der Waals surface area contributed by atoms with Crippen molar-refractivity contribution in [2.24, 2.45) is 0 Å². The van der Waals surface area contributed by atoms with E-state index in [-0.39, 0.29) is 0 Å². The molecule has 0 unspecified atom stereocenters. The summed E-state index contributed by atoms with van der Waals surface area (Å²) >= 11 is 0. The molecule has 0 aliphatic heterocycles. The summed E-state index contributed by atoms with van der Waals surface area (Å²) < 4.78 is 5.26. The highest BCUT2D eigenvalue weighted by molar-refractivity contribution is 5.41. The number of nitrogens with one attached hydrogen (secondary N) is 1. The Morgan fingerprint density at radius 2 is 2.05 bits per heavy atom. The van der Waals surface area contributed by atoms with Gasteiger partial charge in [-0.05, 0) is 41.9 Å². The van der Waals surface area contributed by atoms with Crippen molar-refractivity contribution in [1.29, 1.82) is 0 Å². The molecule has 1 heterocycles. The Kier molecular flexibility index (Phi) is 5.58. The number of ether oxygens (including phenoxy) is 1. The minimum Gasteiger partial charge on any atom is -0.497 e. The van der Waals surface area contributed by atoms with Crippen LogP contribution in [0, 0.1) is 0 Å². The Morgan fingerprint density at radius 3 is 2.81 bits per heavy atom. The molecule has 0 amide bonds. The molecular formula is C17H23N3O. The molecule has 0 spiro atoms. The van der Waals surface area contributed by atoms with Gasteiger partial charge in [-0.2, -0.15) is 0 Å². The van der Waals surface area contributed by atoms with Crippen LogP contribution >= 0.6 is 0 Å². The van der Waals surface area contributed by atoms with Crippen LogP contribution in [0.1, 0.15) is 18.1 Å². The van der Waals surface area contributed by atoms with Gasteiger partial charge in [0.05, 0.1) is 7.11 Å². The van der Waals surface area contributed by atoms with Crippen molar-refractivity contribution < 1.29 is 4.74 Å². The largest absolute Gasteiger partial charge is 0.497 e. The lowest BCUT2D eigenvalue weighted by Crippen LogP contribution is -2.18. The number of rotatable bonds is 7. The van der Waals surface area contributed by atoms with E-state index >= 15 is 0 Å². The molecule has 0 atom stereocenters. The third-order valence-electron chi connectivity index (χ3n) is 3.33. The lowest BCUT2D eigenvalue weighted by molar-refractivity contribution is 0.414. The lowest BCUT2D eigenvalue weighted by atomic mass is 10.2. The molecule has 21 heavy (non-hydrogen) atoms. The van der Waals surface area contributed by atoms with Crippen molar-refractivity contribution in [3.63, 3.8) is 0 Å². The smallest absolute Gasteiger partial charge is 0.128 e. The van der Waals surface area contributed by atoms with Crippen LogP contribution in [-0.2, 0) is 13.1 Å². The number of benzene rings is 1. The van der Waals surface area contributed by atoms with Crippen LogP contribution in [0.5, 0.6) is 5.75 Å². The molecule has 0 saturated carbocycles. The highest BCUT2D eigenvalue weighted by Gasteiger charge is 2.05. The molecule has 0 aliphatic rings. The third kappa shape index (κ3) is 4.46. The maximum atomic E-state index is 5.26. The molecule has 1 aromatic heterocycles. The summed E-state index contributed by atoms with van der Waals surface area (Å²) in [4.78, 5) is 6.60. The molecule has 4 nitrogen and oxygen atoms in total. The molecule has 1 aromatic carbocycles. The van der Waals surface area contributed by atoms with Crippen LogP contribution in [0.3, 0.4) is 0 Å². The summed E-state index contributed by atoms with van der Waals surface area (Å²) in [7, 11) is 3.74. The van der Waals surface area contributed by atoms with Crippen molar-refractivity contribution in [1.82, 2.24) is 10.3 Å². The number of pyridine rings is 1. The monoisotopic (exact) mass is 285 g/mol. The fourth-order valence-corrected chi connectivity index (χ4v) is 2.17. The summed E-state index contributed by atoms with van der Waals surface area (Å²) in [6, 6.07) is 12.3. The normalized spacial score (nSPS) is 10.4. The third-order valence-corrected chi connectivity index (χ3v) is 3.33.